The van der Waals surface area contributed by atoms with E-state index in [9.17, 15) is 4.79 Å². The molecule has 1 saturated heterocycles. The van der Waals surface area contributed by atoms with Crippen molar-refractivity contribution in [2.45, 2.75) is 56.9 Å². The summed E-state index contributed by atoms with van der Waals surface area (Å²) in [7, 11) is 0. The van der Waals surface area contributed by atoms with Crippen LogP contribution in [0, 0.1) is 5.92 Å². The molecule has 2 heterocycles. The summed E-state index contributed by atoms with van der Waals surface area (Å²) in [5, 5.41) is 11.9. The first-order valence-electron chi connectivity index (χ1n) is 12.7. The molecule has 1 N–H and O–H groups in total. The minimum Gasteiger partial charge on any atom is -0.420 e. The number of nitrogens with zero attached hydrogens (tertiary/aromatic N) is 3. The normalized spacial score (nSPS) is 18.4. The van der Waals surface area contributed by atoms with Crippen molar-refractivity contribution in [1.82, 2.24) is 20.4 Å². The van der Waals surface area contributed by atoms with Crippen LogP contribution in [0.2, 0.25) is 0 Å². The van der Waals surface area contributed by atoms with Crippen molar-refractivity contribution in [3.8, 4) is 11.5 Å². The first-order chi connectivity index (χ1) is 16.7. The van der Waals surface area contributed by atoms with Crippen LogP contribution in [0.5, 0.6) is 0 Å². The molecular formula is C28H34N4O2. The Morgan fingerprint density at radius 3 is 2.35 bits per heavy atom. The fourth-order valence-corrected chi connectivity index (χ4v) is 5.03. The molecule has 3 aromatic rings. The fraction of sp³-hybridized carbons (Fsp3) is 0.464. The minimum absolute atomic E-state index is 0.0656. The molecule has 0 spiro atoms. The molecular weight excluding hydrogens is 424 g/mol. The standard InChI is InChI=1S/C28H34N4O2/c33-26(20-21-8-7-9-21)29-25(22-10-3-1-4-11-22)16-19-32-17-14-24(15-18-32)28-31-30-27(34-28)23-12-5-2-6-13-23/h1-6,10-13,21,24-25H,7-9,14-20H2,(H,29,33). The third-order valence-electron chi connectivity index (χ3n) is 7.37. The van der Waals surface area contributed by atoms with Gasteiger partial charge in [0.2, 0.25) is 17.7 Å². The lowest BCUT2D eigenvalue weighted by Crippen LogP contribution is -2.37. The van der Waals surface area contributed by atoms with E-state index in [2.05, 4.69) is 44.7 Å². The molecule has 0 bridgehead atoms. The van der Waals surface area contributed by atoms with Crippen molar-refractivity contribution < 1.29 is 9.21 Å². The van der Waals surface area contributed by atoms with E-state index in [1.165, 1.54) is 24.8 Å². The summed E-state index contributed by atoms with van der Waals surface area (Å²) in [5.74, 6) is 2.45. The number of carbonyl (C=O) groups excluding carboxylic acids is 1. The van der Waals surface area contributed by atoms with Gasteiger partial charge in [0.25, 0.3) is 0 Å². The molecule has 2 fully saturated rings. The van der Waals surface area contributed by atoms with Gasteiger partial charge in [0.15, 0.2) is 0 Å². The van der Waals surface area contributed by atoms with Gasteiger partial charge in [-0.1, -0.05) is 55.0 Å². The Labute approximate surface area is 201 Å². The molecule has 6 heteroatoms. The number of hydrogen-bond donors (Lipinski definition) is 1. The predicted molar refractivity (Wildman–Crippen MR) is 132 cm³/mol. The SMILES string of the molecule is O=C(CC1CCC1)NC(CCN1CCC(c2nnc(-c3ccccc3)o2)CC1)c1ccccc1. The van der Waals surface area contributed by atoms with Gasteiger partial charge in [-0.15, -0.1) is 10.2 Å². The van der Waals surface area contributed by atoms with Crippen molar-refractivity contribution in [2.24, 2.45) is 5.92 Å². The van der Waals surface area contributed by atoms with E-state index in [1.54, 1.807) is 0 Å². The molecule has 1 aliphatic carbocycles. The maximum atomic E-state index is 12.6. The third-order valence-corrected chi connectivity index (χ3v) is 7.37. The Kier molecular flexibility index (Phi) is 7.34. The molecule has 1 aliphatic heterocycles. The summed E-state index contributed by atoms with van der Waals surface area (Å²) in [6.45, 7) is 2.98. The molecule has 2 aliphatic rings. The number of nitrogens with one attached hydrogen (secondary N) is 1. The maximum absolute atomic E-state index is 12.6. The zero-order valence-electron chi connectivity index (χ0n) is 19.7. The molecule has 1 atom stereocenters. The average molecular weight is 459 g/mol. The monoisotopic (exact) mass is 458 g/mol. The van der Waals surface area contributed by atoms with Crippen LogP contribution in [0.4, 0.5) is 0 Å². The molecule has 5 rings (SSSR count). The van der Waals surface area contributed by atoms with E-state index in [0.29, 0.717) is 24.1 Å². The first kappa shape index (κ1) is 22.8. The molecule has 1 saturated carbocycles. The number of aromatic nitrogens is 2. The van der Waals surface area contributed by atoms with Crippen molar-refractivity contribution in [3.05, 3.63) is 72.1 Å². The van der Waals surface area contributed by atoms with E-state index >= 15 is 0 Å². The number of rotatable bonds is 9. The highest BCUT2D eigenvalue weighted by Crippen LogP contribution is 2.31. The van der Waals surface area contributed by atoms with Gasteiger partial charge < -0.3 is 14.6 Å². The van der Waals surface area contributed by atoms with Crippen LogP contribution in [0.15, 0.2) is 65.1 Å². The smallest absolute Gasteiger partial charge is 0.247 e. The topological polar surface area (TPSA) is 71.3 Å². The van der Waals surface area contributed by atoms with Crippen LogP contribution in [0.25, 0.3) is 11.5 Å². The number of piperidine rings is 1. The first-order valence-corrected chi connectivity index (χ1v) is 12.7. The summed E-state index contributed by atoms with van der Waals surface area (Å²) < 4.78 is 6.00. The van der Waals surface area contributed by atoms with Crippen molar-refractivity contribution in [1.29, 1.82) is 0 Å². The molecule has 2 aromatic carbocycles. The Bertz CT molecular complexity index is 1040. The summed E-state index contributed by atoms with van der Waals surface area (Å²) in [4.78, 5) is 15.1. The quantitative estimate of drug-likeness (QED) is 0.468. The van der Waals surface area contributed by atoms with Crippen LogP contribution < -0.4 is 5.32 Å². The number of carbonyl (C=O) groups is 1. The van der Waals surface area contributed by atoms with Gasteiger partial charge >= 0.3 is 0 Å². The summed E-state index contributed by atoms with van der Waals surface area (Å²) >= 11 is 0. The van der Waals surface area contributed by atoms with Gasteiger partial charge in [-0.2, -0.15) is 0 Å². The highest BCUT2D eigenvalue weighted by atomic mass is 16.4. The van der Waals surface area contributed by atoms with Crippen molar-refractivity contribution in [3.63, 3.8) is 0 Å². The van der Waals surface area contributed by atoms with E-state index in [4.69, 9.17) is 4.42 Å². The largest absolute Gasteiger partial charge is 0.420 e. The van der Waals surface area contributed by atoms with Crippen molar-refractivity contribution in [2.75, 3.05) is 19.6 Å². The van der Waals surface area contributed by atoms with Crippen LogP contribution in [-0.4, -0.2) is 40.6 Å². The molecule has 34 heavy (non-hydrogen) atoms. The lowest BCUT2D eigenvalue weighted by molar-refractivity contribution is -0.123. The zero-order valence-corrected chi connectivity index (χ0v) is 19.7. The third kappa shape index (κ3) is 5.73. The predicted octanol–water partition coefficient (Wildman–Crippen LogP) is 5.35. The van der Waals surface area contributed by atoms with Crippen LogP contribution in [-0.2, 0) is 4.79 Å². The van der Waals surface area contributed by atoms with Crippen molar-refractivity contribution >= 4 is 5.91 Å². The number of amides is 1. The van der Waals surface area contributed by atoms with Gasteiger partial charge in [-0.25, -0.2) is 0 Å². The van der Waals surface area contributed by atoms with Gasteiger partial charge in [0, 0.05) is 24.4 Å². The molecule has 6 nitrogen and oxygen atoms in total. The van der Waals surface area contributed by atoms with E-state index in [1.807, 2.05) is 36.4 Å². The lowest BCUT2D eigenvalue weighted by Gasteiger charge is -2.32. The minimum atomic E-state index is 0.0656. The number of hydrogen-bond acceptors (Lipinski definition) is 5. The van der Waals surface area contributed by atoms with Crippen LogP contribution >= 0.6 is 0 Å². The molecule has 1 aromatic heterocycles. The molecule has 1 unspecified atom stereocenters. The van der Waals surface area contributed by atoms with Gasteiger partial charge in [0.1, 0.15) is 0 Å². The Balaban J connectivity index is 1.13. The second kappa shape index (κ2) is 11.0. The van der Waals surface area contributed by atoms with E-state index < -0.39 is 0 Å². The second-order valence-electron chi connectivity index (χ2n) is 9.75. The Hall–Kier alpha value is -2.99. The highest BCUT2D eigenvalue weighted by Gasteiger charge is 2.27. The molecule has 178 valence electrons. The lowest BCUT2D eigenvalue weighted by atomic mass is 9.83. The zero-order chi connectivity index (χ0) is 23.2. The number of likely N-dealkylation sites (tertiary alicyclic amines) is 1. The summed E-state index contributed by atoms with van der Waals surface area (Å²) in [6.07, 6.45) is 7.29. The maximum Gasteiger partial charge on any atom is 0.247 e. The Morgan fingerprint density at radius 1 is 0.971 bits per heavy atom. The molecule has 1 amide bonds. The van der Waals surface area contributed by atoms with Gasteiger partial charge in [-0.3, -0.25) is 4.79 Å². The van der Waals surface area contributed by atoms with Crippen LogP contribution in [0.1, 0.15) is 68.4 Å². The second-order valence-corrected chi connectivity index (χ2v) is 9.75. The van der Waals surface area contributed by atoms with E-state index in [-0.39, 0.29) is 11.9 Å². The summed E-state index contributed by atoms with van der Waals surface area (Å²) in [5.41, 5.74) is 2.16. The van der Waals surface area contributed by atoms with Gasteiger partial charge in [0.05, 0.1) is 6.04 Å². The van der Waals surface area contributed by atoms with Crippen LogP contribution in [0.3, 0.4) is 0 Å². The van der Waals surface area contributed by atoms with Gasteiger partial charge in [-0.05, 0) is 68.8 Å². The Morgan fingerprint density at radius 2 is 1.68 bits per heavy atom. The molecule has 0 radical (unpaired) electrons. The fourth-order valence-electron chi connectivity index (χ4n) is 5.03. The van der Waals surface area contributed by atoms with E-state index in [0.717, 1.165) is 50.4 Å². The average Bonchev–Trinajstić information content (AvgIpc) is 3.36. The highest BCUT2D eigenvalue weighted by molar-refractivity contribution is 5.76. The number of benzene rings is 2. The summed E-state index contributed by atoms with van der Waals surface area (Å²) in [6, 6.07) is 20.4.